The van der Waals surface area contributed by atoms with Gasteiger partial charge in [-0.2, -0.15) is 4.65 Å². The van der Waals surface area contributed by atoms with Crippen LogP contribution in [0.5, 0.6) is 11.5 Å². The number of ether oxygens (including phenoxy) is 1. The molecule has 2 heterocycles. The Balaban J connectivity index is 1.88. The lowest BCUT2D eigenvalue weighted by atomic mass is 9.49. The van der Waals surface area contributed by atoms with Crippen molar-refractivity contribution in [1.29, 1.82) is 0 Å². The molecule has 5 atom stereocenters. The predicted molar refractivity (Wildman–Crippen MR) is 78.3 cm³/mol. The second kappa shape index (κ2) is 3.71. The van der Waals surface area contributed by atoms with Crippen LogP contribution in [0.15, 0.2) is 12.1 Å². The minimum Gasteiger partial charge on any atom is -0.504 e. The van der Waals surface area contributed by atoms with Gasteiger partial charge in [-0.3, -0.25) is 4.79 Å². The highest BCUT2D eigenvalue weighted by atomic mass is 16.6. The van der Waals surface area contributed by atoms with Crippen LogP contribution >= 0.6 is 0 Å². The van der Waals surface area contributed by atoms with Gasteiger partial charge in [0.25, 0.3) is 0 Å². The van der Waals surface area contributed by atoms with Crippen LogP contribution in [0, 0.1) is 0 Å². The number of aromatic hydroxyl groups is 1. The summed E-state index contributed by atoms with van der Waals surface area (Å²) in [5, 5.41) is 32.7. The molecule has 1 unspecified atom stereocenters. The molecule has 6 nitrogen and oxygen atoms in total. The molecule has 1 aromatic carbocycles. The fraction of sp³-hybridized carbons (Fsp3) is 0.588. The fourth-order valence-electron chi connectivity index (χ4n) is 5.72. The molecule has 6 heteroatoms. The Morgan fingerprint density at radius 2 is 2.13 bits per heavy atom. The van der Waals surface area contributed by atoms with Gasteiger partial charge in [-0.05, 0) is 18.1 Å². The van der Waals surface area contributed by atoms with Crippen molar-refractivity contribution < 1.29 is 29.6 Å². The molecule has 2 aliphatic carbocycles. The van der Waals surface area contributed by atoms with Crippen molar-refractivity contribution in [3.8, 4) is 11.5 Å². The first kappa shape index (κ1) is 13.8. The van der Waals surface area contributed by atoms with Crippen molar-refractivity contribution >= 4 is 5.78 Å². The molecule has 5 rings (SSSR count). The highest BCUT2D eigenvalue weighted by Crippen LogP contribution is 2.65. The van der Waals surface area contributed by atoms with Crippen LogP contribution < -0.4 is 4.74 Å². The van der Waals surface area contributed by atoms with Gasteiger partial charge < -0.3 is 14.9 Å². The first-order valence-electron chi connectivity index (χ1n) is 8.16. The number of likely N-dealkylation sites (tertiary alicyclic amines) is 1. The Labute approximate surface area is 133 Å². The molecule has 1 saturated heterocycles. The molecule has 2 bridgehead atoms. The topological polar surface area (TPSA) is 87.0 Å². The summed E-state index contributed by atoms with van der Waals surface area (Å²) >= 11 is 0. The third-order valence-electron chi connectivity index (χ3n) is 6.76. The van der Waals surface area contributed by atoms with E-state index in [0.717, 1.165) is 11.1 Å². The van der Waals surface area contributed by atoms with E-state index in [2.05, 4.69) is 0 Å². The highest BCUT2D eigenvalue weighted by molar-refractivity contribution is 5.89. The maximum Gasteiger partial charge on any atom is 0.174 e. The second-order valence-corrected chi connectivity index (χ2v) is 7.72. The molecule has 23 heavy (non-hydrogen) atoms. The van der Waals surface area contributed by atoms with Gasteiger partial charge in [0.1, 0.15) is 12.1 Å². The maximum atomic E-state index is 12.5. The van der Waals surface area contributed by atoms with Gasteiger partial charge in [-0.1, -0.05) is 6.07 Å². The summed E-state index contributed by atoms with van der Waals surface area (Å²) in [7, 11) is 1.73. The molecule has 2 fully saturated rings. The SMILES string of the molecule is C[N+]1(O)CC[C@]23c4c5ccc(O)c4O[C@H]2C(=O)CC[C@@]3(O)[C@H]1C5. The molecule has 1 spiro atoms. The summed E-state index contributed by atoms with van der Waals surface area (Å²) in [5.74, 6) is 0.354. The van der Waals surface area contributed by atoms with Crippen molar-refractivity contribution in [3.05, 3.63) is 23.3 Å². The number of aliphatic hydroxyl groups is 1. The van der Waals surface area contributed by atoms with Gasteiger partial charge in [0.05, 0.1) is 12.5 Å². The van der Waals surface area contributed by atoms with Crippen molar-refractivity contribution in [1.82, 2.24) is 0 Å². The number of Topliss-reactive ketones (excluding diaryl/α,β-unsaturated/α-hetero) is 1. The van der Waals surface area contributed by atoms with Crippen LogP contribution in [0.3, 0.4) is 0 Å². The number of phenols is 1. The minimum absolute atomic E-state index is 0.0212. The van der Waals surface area contributed by atoms with Crippen molar-refractivity contribution in [2.24, 2.45) is 0 Å². The average molecular weight is 318 g/mol. The van der Waals surface area contributed by atoms with Crippen molar-refractivity contribution in [2.45, 2.75) is 48.8 Å². The van der Waals surface area contributed by atoms with Crippen LogP contribution in [-0.4, -0.2) is 57.2 Å². The lowest BCUT2D eigenvalue weighted by Gasteiger charge is -2.61. The van der Waals surface area contributed by atoms with E-state index in [0.29, 0.717) is 31.6 Å². The Morgan fingerprint density at radius 1 is 1.35 bits per heavy atom. The molecule has 2 aliphatic heterocycles. The number of carbonyl (C=O) groups is 1. The number of piperidine rings is 1. The zero-order chi connectivity index (χ0) is 16.2. The van der Waals surface area contributed by atoms with E-state index in [9.17, 15) is 20.2 Å². The standard InChI is InChI=1S/C17H19NO5/c1-18(22)7-6-16-13-9-2-3-10(19)14(13)23-15(16)11(20)4-5-17(16,21)12(18)8-9/h2-3,12,15,21-22H,4-8H2,1H3/p+1/t12-,15+,16+,17-,18?/m1/s1. The molecule has 4 aliphatic rings. The molecular formula is C17H20NO5+. The van der Waals surface area contributed by atoms with Crippen LogP contribution in [-0.2, 0) is 16.6 Å². The molecule has 0 aromatic heterocycles. The Hall–Kier alpha value is -1.63. The first-order chi connectivity index (χ1) is 10.8. The first-order valence-corrected chi connectivity index (χ1v) is 8.16. The van der Waals surface area contributed by atoms with Crippen molar-refractivity contribution in [2.75, 3.05) is 13.6 Å². The number of benzene rings is 1. The van der Waals surface area contributed by atoms with Gasteiger partial charge >= 0.3 is 0 Å². The number of hydrogen-bond donors (Lipinski definition) is 3. The van der Waals surface area contributed by atoms with Crippen molar-refractivity contribution in [3.63, 3.8) is 0 Å². The van der Waals surface area contributed by atoms with Crippen LogP contribution in [0.4, 0.5) is 0 Å². The third kappa shape index (κ3) is 1.28. The van der Waals surface area contributed by atoms with Crippen LogP contribution in [0.25, 0.3) is 0 Å². The van der Waals surface area contributed by atoms with Gasteiger partial charge in [-0.25, -0.2) is 5.21 Å². The normalized spacial score (nSPS) is 46.3. The predicted octanol–water partition coefficient (Wildman–Crippen LogP) is 0.649. The molecule has 122 valence electrons. The van der Waals surface area contributed by atoms with Gasteiger partial charge in [0, 0.05) is 24.8 Å². The average Bonchev–Trinajstić information content (AvgIpc) is 2.86. The van der Waals surface area contributed by atoms with E-state index in [-0.39, 0.29) is 22.6 Å². The second-order valence-electron chi connectivity index (χ2n) is 7.72. The maximum absolute atomic E-state index is 12.5. The van der Waals surface area contributed by atoms with E-state index in [1.54, 1.807) is 13.1 Å². The number of ketones is 1. The summed E-state index contributed by atoms with van der Waals surface area (Å²) in [5.41, 5.74) is -0.272. The Kier molecular flexibility index (Phi) is 2.22. The molecule has 0 amide bonds. The summed E-state index contributed by atoms with van der Waals surface area (Å²) < 4.78 is 5.67. The summed E-state index contributed by atoms with van der Waals surface area (Å²) in [6.45, 7) is 0.453. The number of phenolic OH excluding ortho intramolecular Hbond substituents is 1. The van der Waals surface area contributed by atoms with E-state index >= 15 is 0 Å². The van der Waals surface area contributed by atoms with Crippen LogP contribution in [0.2, 0.25) is 0 Å². The monoisotopic (exact) mass is 318 g/mol. The number of nitrogens with zero attached hydrogens (tertiary/aromatic N) is 1. The summed E-state index contributed by atoms with van der Waals surface area (Å²) in [6.07, 6.45) is 0.791. The highest BCUT2D eigenvalue weighted by Gasteiger charge is 2.76. The molecular weight excluding hydrogens is 298 g/mol. The summed E-state index contributed by atoms with van der Waals surface area (Å²) in [6, 6.07) is 3.02. The van der Waals surface area contributed by atoms with E-state index in [1.807, 2.05) is 6.07 Å². The van der Waals surface area contributed by atoms with Gasteiger partial charge in [0.15, 0.2) is 29.4 Å². The number of quaternary nitrogens is 1. The van der Waals surface area contributed by atoms with Crippen LogP contribution in [0.1, 0.15) is 30.4 Å². The molecule has 0 radical (unpaired) electrons. The third-order valence-corrected chi connectivity index (χ3v) is 6.76. The number of rotatable bonds is 0. The smallest absolute Gasteiger partial charge is 0.174 e. The van der Waals surface area contributed by atoms with Gasteiger partial charge in [-0.15, -0.1) is 0 Å². The zero-order valence-electron chi connectivity index (χ0n) is 13.0. The number of carbonyl (C=O) groups excluding carboxylic acids is 1. The Morgan fingerprint density at radius 3 is 2.91 bits per heavy atom. The lowest BCUT2D eigenvalue weighted by Crippen LogP contribution is -2.80. The fourth-order valence-corrected chi connectivity index (χ4v) is 5.72. The molecule has 3 N–H and O–H groups in total. The summed E-state index contributed by atoms with van der Waals surface area (Å²) in [4.78, 5) is 12.5. The quantitative estimate of drug-likeness (QED) is 0.612. The van der Waals surface area contributed by atoms with E-state index < -0.39 is 23.2 Å². The molecule has 1 saturated carbocycles. The number of likely N-dealkylation sites (N-methyl/N-ethyl adjacent to an activating group) is 1. The molecule has 1 aromatic rings. The van der Waals surface area contributed by atoms with Gasteiger partial charge in [0.2, 0.25) is 0 Å². The van der Waals surface area contributed by atoms with E-state index in [4.69, 9.17) is 4.74 Å². The number of hydrogen-bond acceptors (Lipinski definition) is 5. The minimum atomic E-state index is -1.20. The number of hydroxylamine groups is 3. The lowest BCUT2D eigenvalue weighted by molar-refractivity contribution is -1.12. The largest absolute Gasteiger partial charge is 0.504 e. The zero-order valence-corrected chi connectivity index (χ0v) is 13.0. The Bertz CT molecular complexity index is 760. The van der Waals surface area contributed by atoms with E-state index in [1.165, 1.54) is 0 Å².